The third-order valence-electron chi connectivity index (χ3n) is 4.55. The average Bonchev–Trinajstić information content (AvgIpc) is 3.36. The van der Waals surface area contributed by atoms with Crippen molar-refractivity contribution in [1.29, 1.82) is 0 Å². The maximum atomic E-state index is 13.3. The van der Waals surface area contributed by atoms with Crippen LogP contribution in [0.2, 0.25) is 0 Å². The van der Waals surface area contributed by atoms with E-state index in [1.165, 1.54) is 16.3 Å². The Kier molecular flexibility index (Phi) is 5.69. The van der Waals surface area contributed by atoms with E-state index in [1.807, 2.05) is 35.7 Å². The van der Waals surface area contributed by atoms with Crippen molar-refractivity contribution in [3.63, 3.8) is 0 Å². The van der Waals surface area contributed by atoms with Crippen LogP contribution in [0.1, 0.15) is 32.6 Å². The SMILES string of the molecule is CCOC(=O)c1c(C)nc2[n+](c1-c1ccc(OC)cc1)C(=O)C(=Cc1cccs1)S2. The first kappa shape index (κ1) is 20.3. The lowest BCUT2D eigenvalue weighted by Crippen LogP contribution is -2.45. The van der Waals surface area contributed by atoms with Gasteiger partial charge in [0.15, 0.2) is 17.0 Å². The van der Waals surface area contributed by atoms with Gasteiger partial charge < -0.3 is 9.47 Å². The van der Waals surface area contributed by atoms with Gasteiger partial charge in [0.2, 0.25) is 0 Å². The van der Waals surface area contributed by atoms with Crippen molar-refractivity contribution in [2.24, 2.45) is 0 Å². The van der Waals surface area contributed by atoms with Crippen molar-refractivity contribution in [2.45, 2.75) is 19.0 Å². The molecular weight excluding hydrogens is 420 g/mol. The van der Waals surface area contributed by atoms with Crippen LogP contribution in [-0.2, 0) is 4.74 Å². The van der Waals surface area contributed by atoms with Gasteiger partial charge in [-0.3, -0.25) is 0 Å². The summed E-state index contributed by atoms with van der Waals surface area (Å²) in [4.78, 5) is 32.2. The Morgan fingerprint density at radius 2 is 2.00 bits per heavy atom. The van der Waals surface area contributed by atoms with E-state index in [0.29, 0.717) is 32.8 Å². The van der Waals surface area contributed by atoms with Crippen LogP contribution in [0, 0.1) is 6.92 Å². The molecule has 6 nitrogen and oxygen atoms in total. The Morgan fingerprint density at radius 1 is 1.23 bits per heavy atom. The van der Waals surface area contributed by atoms with Crippen molar-refractivity contribution >= 4 is 41.1 Å². The van der Waals surface area contributed by atoms with Crippen LogP contribution < -0.4 is 9.30 Å². The molecule has 152 valence electrons. The number of hydrogen-bond acceptors (Lipinski definition) is 7. The molecule has 0 saturated heterocycles. The van der Waals surface area contributed by atoms with E-state index in [9.17, 15) is 9.59 Å². The van der Waals surface area contributed by atoms with Crippen molar-refractivity contribution in [2.75, 3.05) is 13.7 Å². The monoisotopic (exact) mass is 439 g/mol. The Hall–Kier alpha value is -2.97. The van der Waals surface area contributed by atoms with Crippen LogP contribution in [-0.4, -0.2) is 30.6 Å². The van der Waals surface area contributed by atoms with Gasteiger partial charge in [0, 0.05) is 29.1 Å². The molecule has 2 aromatic heterocycles. The van der Waals surface area contributed by atoms with Gasteiger partial charge in [0.25, 0.3) is 0 Å². The Balaban J connectivity index is 1.93. The molecule has 3 aromatic rings. The zero-order chi connectivity index (χ0) is 21.3. The average molecular weight is 440 g/mol. The standard InChI is InChI=1S/C22H19N2O4S2/c1-4-28-21(26)18-13(2)23-22-24(19(18)14-7-9-15(27-3)10-8-14)20(25)17(30-22)12-16-6-5-11-29-16/h5-12H,4H2,1-3H3/q+1. The largest absolute Gasteiger partial charge is 0.497 e. The summed E-state index contributed by atoms with van der Waals surface area (Å²) in [5.41, 5.74) is 1.99. The number of ether oxygens (including phenoxy) is 2. The molecule has 0 fully saturated rings. The predicted octanol–water partition coefficient (Wildman–Crippen LogP) is 4.38. The van der Waals surface area contributed by atoms with Gasteiger partial charge >= 0.3 is 17.0 Å². The lowest BCUT2D eigenvalue weighted by Gasteiger charge is -2.10. The highest BCUT2D eigenvalue weighted by molar-refractivity contribution is 8.04. The van der Waals surface area contributed by atoms with Crippen LogP contribution in [0.3, 0.4) is 0 Å². The molecule has 0 bridgehead atoms. The van der Waals surface area contributed by atoms with E-state index < -0.39 is 5.97 Å². The maximum absolute atomic E-state index is 13.3. The third kappa shape index (κ3) is 3.64. The quantitative estimate of drug-likeness (QED) is 0.254. The summed E-state index contributed by atoms with van der Waals surface area (Å²) in [7, 11) is 1.59. The van der Waals surface area contributed by atoms with Gasteiger partial charge in [-0.25, -0.2) is 9.59 Å². The number of fused-ring (bicyclic) bond motifs is 1. The van der Waals surface area contributed by atoms with E-state index in [0.717, 1.165) is 4.88 Å². The topological polar surface area (TPSA) is 69.4 Å². The number of hydrogen-bond donors (Lipinski definition) is 0. The van der Waals surface area contributed by atoms with Gasteiger partial charge in [-0.15, -0.1) is 15.9 Å². The van der Waals surface area contributed by atoms with Crippen LogP contribution in [0.5, 0.6) is 5.75 Å². The molecule has 1 aliphatic heterocycles. The molecule has 0 atom stereocenters. The van der Waals surface area contributed by atoms with Gasteiger partial charge in [-0.05, 0) is 53.7 Å². The fraction of sp³-hybridized carbons (Fsp3) is 0.182. The maximum Gasteiger partial charge on any atom is 0.372 e. The number of aryl methyl sites for hydroxylation is 1. The summed E-state index contributed by atoms with van der Waals surface area (Å²) in [5.74, 6) is -0.0350. The Labute approximate surface area is 182 Å². The number of rotatable bonds is 5. The molecule has 30 heavy (non-hydrogen) atoms. The van der Waals surface area contributed by atoms with E-state index in [1.54, 1.807) is 44.4 Å². The fourth-order valence-corrected chi connectivity index (χ4v) is 4.94. The molecule has 0 unspecified atom stereocenters. The highest BCUT2D eigenvalue weighted by Gasteiger charge is 2.42. The normalized spacial score (nSPS) is 14.1. The summed E-state index contributed by atoms with van der Waals surface area (Å²) >= 11 is 2.85. The first-order chi connectivity index (χ1) is 14.5. The van der Waals surface area contributed by atoms with E-state index >= 15 is 0 Å². The number of esters is 1. The molecule has 0 radical (unpaired) electrons. The van der Waals surface area contributed by atoms with Crippen molar-refractivity contribution in [3.8, 4) is 17.0 Å². The third-order valence-corrected chi connectivity index (χ3v) is 6.34. The first-order valence-electron chi connectivity index (χ1n) is 9.29. The van der Waals surface area contributed by atoms with E-state index in [2.05, 4.69) is 4.98 Å². The smallest absolute Gasteiger partial charge is 0.372 e. The highest BCUT2D eigenvalue weighted by Crippen LogP contribution is 2.36. The zero-order valence-corrected chi connectivity index (χ0v) is 18.3. The second kappa shape index (κ2) is 8.41. The molecule has 0 aliphatic carbocycles. The first-order valence-corrected chi connectivity index (χ1v) is 11.0. The molecule has 0 saturated carbocycles. The van der Waals surface area contributed by atoms with Crippen molar-refractivity contribution in [3.05, 3.63) is 62.8 Å². The van der Waals surface area contributed by atoms with Crippen LogP contribution in [0.15, 0.2) is 51.8 Å². The van der Waals surface area contributed by atoms with E-state index in [-0.39, 0.29) is 18.1 Å². The summed E-state index contributed by atoms with van der Waals surface area (Å²) in [6, 6.07) is 11.1. The molecule has 1 aromatic carbocycles. The van der Waals surface area contributed by atoms with Gasteiger partial charge in [0.05, 0.1) is 13.7 Å². The second-order valence-electron chi connectivity index (χ2n) is 6.42. The van der Waals surface area contributed by atoms with E-state index in [4.69, 9.17) is 9.47 Å². The summed E-state index contributed by atoms with van der Waals surface area (Å²) in [6.45, 7) is 3.73. The Morgan fingerprint density at radius 3 is 2.63 bits per heavy atom. The minimum absolute atomic E-state index is 0.215. The molecule has 3 heterocycles. The molecule has 0 spiro atoms. The zero-order valence-electron chi connectivity index (χ0n) is 16.7. The van der Waals surface area contributed by atoms with Crippen LogP contribution in [0.25, 0.3) is 17.3 Å². The summed E-state index contributed by atoms with van der Waals surface area (Å²) in [5, 5.41) is 2.49. The van der Waals surface area contributed by atoms with Gasteiger partial charge in [0.1, 0.15) is 10.7 Å². The van der Waals surface area contributed by atoms with Crippen molar-refractivity contribution in [1.82, 2.24) is 4.98 Å². The number of benzene rings is 1. The summed E-state index contributed by atoms with van der Waals surface area (Å²) < 4.78 is 12.0. The lowest BCUT2D eigenvalue weighted by molar-refractivity contribution is -0.601. The number of methoxy groups -OCH3 is 1. The molecule has 1 aliphatic rings. The number of thioether (sulfide) groups is 1. The number of thiophene rings is 1. The summed E-state index contributed by atoms with van der Waals surface area (Å²) in [6.07, 6.45) is 1.85. The molecule has 0 N–H and O–H groups in total. The number of carbonyl (C=O) groups is 2. The number of aromatic nitrogens is 2. The number of carbonyl (C=O) groups excluding carboxylic acids is 2. The molecule has 8 heteroatoms. The van der Waals surface area contributed by atoms with Gasteiger partial charge in [-0.1, -0.05) is 6.07 Å². The lowest BCUT2D eigenvalue weighted by atomic mass is 10.0. The predicted molar refractivity (Wildman–Crippen MR) is 116 cm³/mol. The minimum Gasteiger partial charge on any atom is -0.497 e. The molecule has 4 rings (SSSR count). The van der Waals surface area contributed by atoms with Crippen LogP contribution >= 0.6 is 23.1 Å². The fourth-order valence-electron chi connectivity index (χ4n) is 3.20. The van der Waals surface area contributed by atoms with Gasteiger partial charge in [-0.2, -0.15) is 0 Å². The number of allylic oxidation sites excluding steroid dienone is 1. The molecule has 0 amide bonds. The minimum atomic E-state index is -0.503. The molecular formula is C22H19N2O4S2+. The highest BCUT2D eigenvalue weighted by atomic mass is 32.2. The second-order valence-corrected chi connectivity index (χ2v) is 8.41. The Bertz CT molecular complexity index is 1150. The van der Waals surface area contributed by atoms with Crippen molar-refractivity contribution < 1.29 is 23.6 Å². The number of nitrogens with zero attached hydrogens (tertiary/aromatic N) is 2. The van der Waals surface area contributed by atoms with Crippen LogP contribution in [0.4, 0.5) is 0 Å².